The lowest BCUT2D eigenvalue weighted by Gasteiger charge is -2.15. The van der Waals surface area contributed by atoms with Crippen LogP contribution in [-0.4, -0.2) is 24.4 Å². The normalized spacial score (nSPS) is 19.4. The first kappa shape index (κ1) is 14.1. The fraction of sp³-hybridized carbons (Fsp3) is 0.429. The maximum atomic E-state index is 11.9. The summed E-state index contributed by atoms with van der Waals surface area (Å²) in [5.74, 6) is -0.175. The Balaban J connectivity index is 1.89. The summed E-state index contributed by atoms with van der Waals surface area (Å²) in [6.07, 6.45) is 2.96. The van der Waals surface area contributed by atoms with Crippen LogP contribution in [0, 0.1) is 0 Å². The second kappa shape index (κ2) is 6.70. The number of carbonyl (C=O) groups is 2. The third-order valence-corrected chi connectivity index (χ3v) is 3.68. The lowest BCUT2D eigenvalue weighted by Crippen LogP contribution is -2.45. The van der Waals surface area contributed by atoms with Gasteiger partial charge >= 0.3 is 0 Å². The standard InChI is InChI=1S/C14H17BrN2O2/c15-11-6-4-10(5-7-11)9-13(18)17-12-3-1-2-8-16-14(12)19/h4-7,12H,1-3,8-9H2,(H,16,19)(H,17,18)/t12-/m0/s1. The molecule has 0 saturated carbocycles. The van der Waals surface area contributed by atoms with Crippen molar-refractivity contribution < 1.29 is 9.59 Å². The van der Waals surface area contributed by atoms with Crippen LogP contribution in [0.15, 0.2) is 28.7 Å². The van der Waals surface area contributed by atoms with Crippen molar-refractivity contribution in [1.29, 1.82) is 0 Å². The van der Waals surface area contributed by atoms with Crippen molar-refractivity contribution >= 4 is 27.7 Å². The molecule has 1 saturated heterocycles. The van der Waals surface area contributed by atoms with E-state index in [4.69, 9.17) is 0 Å². The molecule has 1 aliphatic heterocycles. The first-order valence-electron chi connectivity index (χ1n) is 6.46. The van der Waals surface area contributed by atoms with E-state index in [1.165, 1.54) is 0 Å². The predicted molar refractivity (Wildman–Crippen MR) is 76.6 cm³/mol. The molecule has 0 bridgehead atoms. The molecule has 2 N–H and O–H groups in total. The van der Waals surface area contributed by atoms with Gasteiger partial charge in [-0.25, -0.2) is 0 Å². The number of halogens is 1. The van der Waals surface area contributed by atoms with Gasteiger partial charge in [0.25, 0.3) is 0 Å². The second-order valence-electron chi connectivity index (χ2n) is 4.71. The smallest absolute Gasteiger partial charge is 0.242 e. The Labute approximate surface area is 121 Å². The van der Waals surface area contributed by atoms with Crippen LogP contribution >= 0.6 is 15.9 Å². The molecule has 1 fully saturated rings. The minimum Gasteiger partial charge on any atom is -0.354 e. The summed E-state index contributed by atoms with van der Waals surface area (Å²) in [6.45, 7) is 0.706. The monoisotopic (exact) mass is 324 g/mol. The first-order chi connectivity index (χ1) is 9.15. The number of hydrogen-bond donors (Lipinski definition) is 2. The summed E-state index contributed by atoms with van der Waals surface area (Å²) in [4.78, 5) is 23.6. The molecule has 1 atom stereocenters. The van der Waals surface area contributed by atoms with Crippen LogP contribution in [0.1, 0.15) is 24.8 Å². The van der Waals surface area contributed by atoms with Crippen LogP contribution in [0.25, 0.3) is 0 Å². The summed E-state index contributed by atoms with van der Waals surface area (Å²) in [7, 11) is 0. The molecule has 102 valence electrons. The van der Waals surface area contributed by atoms with Gasteiger partial charge in [-0.05, 0) is 37.0 Å². The number of nitrogens with one attached hydrogen (secondary N) is 2. The maximum Gasteiger partial charge on any atom is 0.242 e. The van der Waals surface area contributed by atoms with Gasteiger partial charge in [0.15, 0.2) is 0 Å². The third-order valence-electron chi connectivity index (χ3n) is 3.15. The third kappa shape index (κ3) is 4.35. The molecule has 0 unspecified atom stereocenters. The van der Waals surface area contributed by atoms with Crippen LogP contribution in [-0.2, 0) is 16.0 Å². The molecule has 2 rings (SSSR count). The Morgan fingerprint density at radius 2 is 2.05 bits per heavy atom. The fourth-order valence-electron chi connectivity index (χ4n) is 2.11. The molecule has 0 radical (unpaired) electrons. The average Bonchev–Trinajstić information content (AvgIpc) is 2.58. The van der Waals surface area contributed by atoms with Crippen molar-refractivity contribution in [2.45, 2.75) is 31.7 Å². The number of amides is 2. The zero-order chi connectivity index (χ0) is 13.7. The van der Waals surface area contributed by atoms with Gasteiger partial charge in [-0.3, -0.25) is 9.59 Å². The summed E-state index contributed by atoms with van der Waals surface area (Å²) in [6, 6.07) is 7.22. The van der Waals surface area contributed by atoms with Crippen molar-refractivity contribution in [2.75, 3.05) is 6.54 Å². The number of hydrogen-bond acceptors (Lipinski definition) is 2. The van der Waals surface area contributed by atoms with Crippen molar-refractivity contribution in [3.63, 3.8) is 0 Å². The average molecular weight is 325 g/mol. The summed E-state index contributed by atoms with van der Waals surface area (Å²) in [5.41, 5.74) is 0.940. The van der Waals surface area contributed by atoms with Crippen LogP contribution < -0.4 is 10.6 Å². The molecule has 5 heteroatoms. The highest BCUT2D eigenvalue weighted by Gasteiger charge is 2.22. The van der Waals surface area contributed by atoms with Crippen molar-refractivity contribution in [1.82, 2.24) is 10.6 Å². The van der Waals surface area contributed by atoms with E-state index in [1.807, 2.05) is 24.3 Å². The highest BCUT2D eigenvalue weighted by atomic mass is 79.9. The van der Waals surface area contributed by atoms with Crippen molar-refractivity contribution in [3.05, 3.63) is 34.3 Å². The van der Waals surface area contributed by atoms with E-state index in [-0.39, 0.29) is 17.9 Å². The van der Waals surface area contributed by atoms with Gasteiger partial charge in [0.1, 0.15) is 6.04 Å². The van der Waals surface area contributed by atoms with E-state index in [2.05, 4.69) is 26.6 Å². The van der Waals surface area contributed by atoms with Crippen LogP contribution in [0.5, 0.6) is 0 Å². The van der Waals surface area contributed by atoms with Crippen LogP contribution in [0.2, 0.25) is 0 Å². The zero-order valence-corrected chi connectivity index (χ0v) is 12.2. The number of benzene rings is 1. The van der Waals surface area contributed by atoms with E-state index in [9.17, 15) is 9.59 Å². The van der Waals surface area contributed by atoms with Crippen LogP contribution in [0.4, 0.5) is 0 Å². The number of carbonyl (C=O) groups excluding carboxylic acids is 2. The summed E-state index contributed by atoms with van der Waals surface area (Å²) >= 11 is 3.35. The molecule has 1 aromatic carbocycles. The summed E-state index contributed by atoms with van der Waals surface area (Å²) < 4.78 is 0.986. The predicted octanol–water partition coefficient (Wildman–Crippen LogP) is 1.78. The largest absolute Gasteiger partial charge is 0.354 e. The minimum atomic E-state index is -0.384. The Hall–Kier alpha value is -1.36. The molecule has 19 heavy (non-hydrogen) atoms. The molecular weight excluding hydrogens is 308 g/mol. The lowest BCUT2D eigenvalue weighted by atomic mass is 10.1. The fourth-order valence-corrected chi connectivity index (χ4v) is 2.37. The van der Waals surface area contributed by atoms with Gasteiger partial charge < -0.3 is 10.6 Å². The van der Waals surface area contributed by atoms with Gasteiger partial charge in [-0.15, -0.1) is 0 Å². The molecule has 1 aliphatic rings. The quantitative estimate of drug-likeness (QED) is 0.890. The molecule has 2 amide bonds. The van der Waals surface area contributed by atoms with E-state index in [0.29, 0.717) is 13.0 Å². The Kier molecular flexibility index (Phi) is 4.96. The SMILES string of the molecule is O=C(Cc1ccc(Br)cc1)N[C@H]1CCCCNC1=O. The maximum absolute atomic E-state index is 11.9. The zero-order valence-electron chi connectivity index (χ0n) is 10.6. The van der Waals surface area contributed by atoms with Crippen molar-refractivity contribution in [3.8, 4) is 0 Å². The van der Waals surface area contributed by atoms with E-state index in [1.54, 1.807) is 0 Å². The van der Waals surface area contributed by atoms with Crippen molar-refractivity contribution in [2.24, 2.45) is 0 Å². The lowest BCUT2D eigenvalue weighted by molar-refractivity contribution is -0.128. The molecule has 0 aliphatic carbocycles. The van der Waals surface area contributed by atoms with Crippen LogP contribution in [0.3, 0.4) is 0 Å². The summed E-state index contributed by atoms with van der Waals surface area (Å²) in [5, 5.41) is 5.62. The Morgan fingerprint density at radius 1 is 1.32 bits per heavy atom. The highest BCUT2D eigenvalue weighted by molar-refractivity contribution is 9.10. The molecule has 0 spiro atoms. The first-order valence-corrected chi connectivity index (χ1v) is 7.26. The Morgan fingerprint density at radius 3 is 2.79 bits per heavy atom. The topological polar surface area (TPSA) is 58.2 Å². The molecule has 4 nitrogen and oxygen atoms in total. The second-order valence-corrected chi connectivity index (χ2v) is 5.63. The minimum absolute atomic E-state index is 0.0679. The van der Waals surface area contributed by atoms with Gasteiger partial charge in [0, 0.05) is 11.0 Å². The van der Waals surface area contributed by atoms with E-state index in [0.717, 1.165) is 29.3 Å². The van der Waals surface area contributed by atoms with Gasteiger partial charge in [0.05, 0.1) is 6.42 Å². The highest BCUT2D eigenvalue weighted by Crippen LogP contribution is 2.11. The number of rotatable bonds is 3. The molecule has 1 aromatic rings. The van der Waals surface area contributed by atoms with Gasteiger partial charge in [-0.2, -0.15) is 0 Å². The van der Waals surface area contributed by atoms with Gasteiger partial charge in [-0.1, -0.05) is 28.1 Å². The Bertz CT molecular complexity index is 459. The molecular formula is C14H17BrN2O2. The molecule has 1 heterocycles. The molecule has 0 aromatic heterocycles. The van der Waals surface area contributed by atoms with E-state index < -0.39 is 0 Å². The van der Waals surface area contributed by atoms with Gasteiger partial charge in [0.2, 0.25) is 11.8 Å². The van der Waals surface area contributed by atoms with E-state index >= 15 is 0 Å².